The van der Waals surface area contributed by atoms with Gasteiger partial charge in [0.1, 0.15) is 5.65 Å². The molecular formula is C25H25Cl3N4O2. The second kappa shape index (κ2) is 11.7. The van der Waals surface area contributed by atoms with Crippen molar-refractivity contribution in [1.29, 1.82) is 0 Å². The van der Waals surface area contributed by atoms with Crippen LogP contribution >= 0.6 is 35.6 Å². The van der Waals surface area contributed by atoms with Gasteiger partial charge in [-0.3, -0.25) is 9.78 Å². The monoisotopic (exact) mass is 518 g/mol. The molecule has 0 radical (unpaired) electrons. The number of carbonyl (C=O) groups is 1. The molecule has 4 rings (SSSR count). The molecule has 0 fully saturated rings. The first-order chi connectivity index (χ1) is 16.0. The van der Waals surface area contributed by atoms with Crippen LogP contribution in [0.3, 0.4) is 0 Å². The molecular weight excluding hydrogens is 495 g/mol. The standard InChI is InChI=1S/C25H24Cl2N4O2.ClH/c1-17-8-10-31-22(25(29-23(31)13-17)18-6-7-20(26)21(27)14-18)15-24(32)30(11-12-33-2)16-19-5-3-4-9-28-19;/h3-10,13-14H,11-12,15-16H2,1-2H3;1H. The molecule has 1 amide bonds. The van der Waals surface area contributed by atoms with Crippen molar-refractivity contribution in [2.45, 2.75) is 19.9 Å². The first kappa shape index (κ1) is 26.0. The second-order valence-corrected chi connectivity index (χ2v) is 8.59. The number of carbonyl (C=O) groups excluding carboxylic acids is 1. The van der Waals surface area contributed by atoms with Gasteiger partial charge in [-0.2, -0.15) is 0 Å². The molecule has 4 aromatic rings. The lowest BCUT2D eigenvalue weighted by Crippen LogP contribution is -2.35. The average Bonchev–Trinajstić information content (AvgIpc) is 3.16. The molecule has 3 aromatic heterocycles. The minimum atomic E-state index is -0.0404. The third-order valence-electron chi connectivity index (χ3n) is 5.39. The Morgan fingerprint density at radius 2 is 1.94 bits per heavy atom. The Morgan fingerprint density at radius 1 is 1.12 bits per heavy atom. The van der Waals surface area contributed by atoms with Crippen LogP contribution in [0.25, 0.3) is 16.9 Å². The smallest absolute Gasteiger partial charge is 0.229 e. The summed E-state index contributed by atoms with van der Waals surface area (Å²) in [5.74, 6) is -0.0404. The minimum absolute atomic E-state index is 0. The van der Waals surface area contributed by atoms with Crippen molar-refractivity contribution >= 4 is 47.2 Å². The molecule has 0 spiro atoms. The van der Waals surface area contributed by atoms with E-state index in [1.165, 1.54) is 0 Å². The highest BCUT2D eigenvalue weighted by Gasteiger charge is 2.22. The Hall–Kier alpha value is -2.64. The van der Waals surface area contributed by atoms with Gasteiger partial charge >= 0.3 is 0 Å². The summed E-state index contributed by atoms with van der Waals surface area (Å²) in [5.41, 5.74) is 4.98. The molecule has 0 saturated carbocycles. The van der Waals surface area contributed by atoms with E-state index in [4.69, 9.17) is 32.9 Å². The zero-order valence-electron chi connectivity index (χ0n) is 18.9. The number of imidazole rings is 1. The second-order valence-electron chi connectivity index (χ2n) is 7.77. The van der Waals surface area contributed by atoms with Crippen molar-refractivity contribution in [2.75, 3.05) is 20.3 Å². The summed E-state index contributed by atoms with van der Waals surface area (Å²) >= 11 is 12.4. The van der Waals surface area contributed by atoms with Crippen molar-refractivity contribution in [3.05, 3.63) is 87.9 Å². The van der Waals surface area contributed by atoms with Crippen LogP contribution in [-0.2, 0) is 22.5 Å². The van der Waals surface area contributed by atoms with Crippen molar-refractivity contribution in [2.24, 2.45) is 0 Å². The molecule has 0 bridgehead atoms. The van der Waals surface area contributed by atoms with Crippen LogP contribution in [0, 0.1) is 6.92 Å². The number of aryl methyl sites for hydroxylation is 1. The van der Waals surface area contributed by atoms with E-state index in [0.717, 1.165) is 28.2 Å². The van der Waals surface area contributed by atoms with Crippen LogP contribution in [0.1, 0.15) is 17.0 Å². The first-order valence-corrected chi connectivity index (χ1v) is 11.3. The molecule has 1 aromatic carbocycles. The Kier molecular flexibility index (Phi) is 8.91. The summed E-state index contributed by atoms with van der Waals surface area (Å²) in [4.78, 5) is 24.4. The fourth-order valence-corrected chi connectivity index (χ4v) is 3.97. The van der Waals surface area contributed by atoms with E-state index in [1.807, 2.05) is 53.9 Å². The molecule has 0 aliphatic heterocycles. The average molecular weight is 520 g/mol. The van der Waals surface area contributed by atoms with E-state index in [2.05, 4.69) is 4.98 Å². The van der Waals surface area contributed by atoms with E-state index in [0.29, 0.717) is 35.4 Å². The Labute approximate surface area is 214 Å². The summed E-state index contributed by atoms with van der Waals surface area (Å²) < 4.78 is 7.19. The van der Waals surface area contributed by atoms with Gasteiger partial charge in [-0.15, -0.1) is 12.4 Å². The summed E-state index contributed by atoms with van der Waals surface area (Å²) in [7, 11) is 1.62. The Morgan fingerprint density at radius 3 is 2.65 bits per heavy atom. The molecule has 178 valence electrons. The van der Waals surface area contributed by atoms with Gasteiger partial charge in [0.05, 0.1) is 46.7 Å². The normalized spacial score (nSPS) is 10.8. The SMILES string of the molecule is COCCN(Cc1ccccn1)C(=O)Cc1c(-c2ccc(Cl)c(Cl)c2)nc2cc(C)ccn12.Cl. The molecule has 0 aliphatic carbocycles. The van der Waals surface area contributed by atoms with E-state index in [1.54, 1.807) is 30.3 Å². The van der Waals surface area contributed by atoms with E-state index < -0.39 is 0 Å². The van der Waals surface area contributed by atoms with Gasteiger partial charge in [0.2, 0.25) is 5.91 Å². The van der Waals surface area contributed by atoms with Gasteiger partial charge < -0.3 is 14.0 Å². The Bertz CT molecular complexity index is 1280. The predicted octanol–water partition coefficient (Wildman–Crippen LogP) is 5.65. The van der Waals surface area contributed by atoms with Crippen LogP contribution < -0.4 is 0 Å². The maximum Gasteiger partial charge on any atom is 0.229 e. The third kappa shape index (κ3) is 5.88. The van der Waals surface area contributed by atoms with E-state index in [9.17, 15) is 4.79 Å². The maximum atomic E-state index is 13.5. The summed E-state index contributed by atoms with van der Waals surface area (Å²) in [6.45, 7) is 3.31. The number of amides is 1. The highest BCUT2D eigenvalue weighted by atomic mass is 35.5. The van der Waals surface area contributed by atoms with Crippen LogP contribution in [0.4, 0.5) is 0 Å². The van der Waals surface area contributed by atoms with Crippen molar-refractivity contribution in [1.82, 2.24) is 19.3 Å². The van der Waals surface area contributed by atoms with Crippen LogP contribution in [0.2, 0.25) is 10.0 Å². The van der Waals surface area contributed by atoms with Gasteiger partial charge in [0.15, 0.2) is 0 Å². The number of hydrogen-bond donors (Lipinski definition) is 0. The lowest BCUT2D eigenvalue weighted by Gasteiger charge is -2.22. The number of pyridine rings is 2. The fraction of sp³-hybridized carbons (Fsp3) is 0.240. The van der Waals surface area contributed by atoms with Gasteiger partial charge in [0, 0.05) is 31.6 Å². The molecule has 6 nitrogen and oxygen atoms in total. The third-order valence-corrected chi connectivity index (χ3v) is 6.13. The van der Waals surface area contributed by atoms with Gasteiger partial charge in [-0.25, -0.2) is 4.98 Å². The summed E-state index contributed by atoms with van der Waals surface area (Å²) in [6.07, 6.45) is 3.83. The Balaban J connectivity index is 0.00000324. The lowest BCUT2D eigenvalue weighted by molar-refractivity contribution is -0.131. The van der Waals surface area contributed by atoms with Gasteiger partial charge in [0.25, 0.3) is 0 Å². The molecule has 0 saturated heterocycles. The number of rotatable bonds is 8. The number of halogens is 3. The number of aromatic nitrogens is 3. The molecule has 0 unspecified atom stereocenters. The number of hydrogen-bond acceptors (Lipinski definition) is 4. The number of fused-ring (bicyclic) bond motifs is 1. The molecule has 9 heteroatoms. The summed E-state index contributed by atoms with van der Waals surface area (Å²) in [5, 5.41) is 0.912. The fourth-order valence-electron chi connectivity index (χ4n) is 3.68. The molecule has 34 heavy (non-hydrogen) atoms. The van der Waals surface area contributed by atoms with Crippen molar-refractivity contribution in [3.63, 3.8) is 0 Å². The molecule has 0 N–H and O–H groups in total. The zero-order valence-corrected chi connectivity index (χ0v) is 21.2. The predicted molar refractivity (Wildman–Crippen MR) is 138 cm³/mol. The quantitative estimate of drug-likeness (QED) is 0.302. The van der Waals surface area contributed by atoms with Gasteiger partial charge in [-0.05, 0) is 48.9 Å². The van der Waals surface area contributed by atoms with Crippen LogP contribution in [0.5, 0.6) is 0 Å². The molecule has 0 atom stereocenters. The van der Waals surface area contributed by atoms with Crippen LogP contribution in [0.15, 0.2) is 60.9 Å². The molecule has 3 heterocycles. The zero-order chi connectivity index (χ0) is 23.4. The topological polar surface area (TPSA) is 59.7 Å². The van der Waals surface area contributed by atoms with E-state index >= 15 is 0 Å². The van der Waals surface area contributed by atoms with E-state index in [-0.39, 0.29) is 24.7 Å². The van der Waals surface area contributed by atoms with Crippen molar-refractivity contribution < 1.29 is 9.53 Å². The summed E-state index contributed by atoms with van der Waals surface area (Å²) in [6, 6.07) is 15.1. The number of methoxy groups -OCH3 is 1. The largest absolute Gasteiger partial charge is 0.383 e. The highest BCUT2D eigenvalue weighted by Crippen LogP contribution is 2.31. The van der Waals surface area contributed by atoms with Crippen LogP contribution in [-0.4, -0.2) is 45.4 Å². The number of nitrogens with zero attached hydrogens (tertiary/aromatic N) is 4. The van der Waals surface area contributed by atoms with Gasteiger partial charge in [-0.1, -0.05) is 35.3 Å². The number of benzene rings is 1. The maximum absolute atomic E-state index is 13.5. The van der Waals surface area contributed by atoms with Crippen molar-refractivity contribution in [3.8, 4) is 11.3 Å². The first-order valence-electron chi connectivity index (χ1n) is 10.6. The molecule has 0 aliphatic rings. The lowest BCUT2D eigenvalue weighted by atomic mass is 10.1. The number of ether oxygens (including phenoxy) is 1. The minimum Gasteiger partial charge on any atom is -0.383 e. The highest BCUT2D eigenvalue weighted by molar-refractivity contribution is 6.42.